The van der Waals surface area contributed by atoms with Gasteiger partial charge in [0, 0.05) is 61.4 Å². The number of benzene rings is 2. The van der Waals surface area contributed by atoms with Crippen LogP contribution in [0.25, 0.3) is 33.2 Å². The molecule has 4 aromatic heterocycles. The second-order valence-corrected chi connectivity index (χ2v) is 10.9. The maximum absolute atomic E-state index is 13.7. The molecule has 1 aliphatic rings. The second kappa shape index (κ2) is 11.5. The maximum Gasteiger partial charge on any atom is 0.279 e. The van der Waals surface area contributed by atoms with Crippen LogP contribution in [0.3, 0.4) is 0 Å². The molecule has 1 aliphatic heterocycles. The van der Waals surface area contributed by atoms with Gasteiger partial charge in [-0.25, -0.2) is 4.98 Å². The molecule has 11 heteroatoms. The number of carbonyl (C=O) groups excluding carboxylic acids is 1. The van der Waals surface area contributed by atoms with Crippen molar-refractivity contribution < 1.29 is 14.6 Å². The van der Waals surface area contributed by atoms with Crippen LogP contribution in [0.4, 0.5) is 11.5 Å². The average molecular weight is 603 g/mol. The Morgan fingerprint density at radius 3 is 2.56 bits per heavy atom. The number of ether oxygens (including phenoxy) is 1. The summed E-state index contributed by atoms with van der Waals surface area (Å²) in [5.74, 6) is 0.286. The number of hydrogen-bond acceptors (Lipinski definition) is 7. The largest absolute Gasteiger partial charge is 0.392 e. The van der Waals surface area contributed by atoms with Crippen molar-refractivity contribution in [3.63, 3.8) is 0 Å². The predicted octanol–water partition coefficient (Wildman–Crippen LogP) is 3.71. The van der Waals surface area contributed by atoms with Gasteiger partial charge in [-0.2, -0.15) is 0 Å². The highest BCUT2D eigenvalue weighted by molar-refractivity contribution is 5.94. The fourth-order valence-electron chi connectivity index (χ4n) is 5.88. The lowest BCUT2D eigenvalue weighted by molar-refractivity contribution is 0.0302. The molecule has 0 spiro atoms. The molecule has 0 aliphatic carbocycles. The van der Waals surface area contributed by atoms with Crippen molar-refractivity contribution in [1.29, 1.82) is 0 Å². The Morgan fingerprint density at radius 1 is 0.956 bits per heavy atom. The van der Waals surface area contributed by atoms with E-state index in [0.29, 0.717) is 65.6 Å². The zero-order valence-corrected chi connectivity index (χ0v) is 24.5. The predicted molar refractivity (Wildman–Crippen MR) is 171 cm³/mol. The lowest BCUT2D eigenvalue weighted by atomic mass is 9.99. The first kappa shape index (κ1) is 28.3. The normalized spacial score (nSPS) is 13.4. The van der Waals surface area contributed by atoms with Gasteiger partial charge in [-0.15, -0.1) is 0 Å². The van der Waals surface area contributed by atoms with E-state index in [1.807, 2.05) is 53.1 Å². The number of fused-ring (bicyclic) bond motifs is 3. The molecule has 1 amide bonds. The summed E-state index contributed by atoms with van der Waals surface area (Å²) in [6.07, 6.45) is 6.72. The Kier molecular flexibility index (Phi) is 7.24. The summed E-state index contributed by atoms with van der Waals surface area (Å²) < 4.78 is 10.2. The van der Waals surface area contributed by atoms with Crippen LogP contribution in [0.15, 0.2) is 101 Å². The van der Waals surface area contributed by atoms with E-state index >= 15 is 0 Å². The Balaban J connectivity index is 1.24. The van der Waals surface area contributed by atoms with Gasteiger partial charge in [0.25, 0.3) is 17.0 Å². The number of aliphatic hydroxyl groups is 1. The van der Waals surface area contributed by atoms with E-state index in [1.165, 1.54) is 15.3 Å². The summed E-state index contributed by atoms with van der Waals surface area (Å²) in [5.41, 5.74) is 4.08. The molecule has 7 rings (SSSR count). The first-order valence-corrected chi connectivity index (χ1v) is 14.6. The average Bonchev–Trinajstić information content (AvgIpc) is 3.47. The molecule has 1 saturated heterocycles. The number of para-hydroxylation sites is 1. The van der Waals surface area contributed by atoms with Crippen molar-refractivity contribution >= 4 is 33.8 Å². The maximum atomic E-state index is 13.7. The summed E-state index contributed by atoms with van der Waals surface area (Å²) in [6.45, 7) is 1.75. The lowest BCUT2D eigenvalue weighted by Gasteiger charge is -2.26. The highest BCUT2D eigenvalue weighted by Crippen LogP contribution is 2.30. The molecule has 45 heavy (non-hydrogen) atoms. The van der Waals surface area contributed by atoms with Crippen LogP contribution >= 0.6 is 0 Å². The van der Waals surface area contributed by atoms with Gasteiger partial charge in [0.1, 0.15) is 17.0 Å². The second-order valence-electron chi connectivity index (χ2n) is 10.9. The number of pyridine rings is 2. The minimum Gasteiger partial charge on any atom is -0.392 e. The number of rotatable bonds is 6. The highest BCUT2D eigenvalue weighted by Gasteiger charge is 2.20. The molecular weight excluding hydrogens is 572 g/mol. The van der Waals surface area contributed by atoms with E-state index < -0.39 is 0 Å². The van der Waals surface area contributed by atoms with E-state index in [4.69, 9.17) is 4.74 Å². The third kappa shape index (κ3) is 5.07. The molecule has 1 fully saturated rings. The number of aryl methyl sites for hydroxylation is 1. The zero-order chi connectivity index (χ0) is 31.1. The molecule has 5 heterocycles. The molecule has 0 saturated carbocycles. The monoisotopic (exact) mass is 602 g/mol. The fourth-order valence-corrected chi connectivity index (χ4v) is 5.88. The van der Waals surface area contributed by atoms with Crippen molar-refractivity contribution in [2.45, 2.75) is 6.61 Å². The molecule has 2 N–H and O–H groups in total. The number of morpholine rings is 1. The standard InChI is InChI=1S/C34H30N6O5/c1-37-20-24(17-27(33(37)43)36-31-10-9-23(19-35-31)32(42)38-13-15-45-16-14-38)25-6-4-8-29(26(25)21-41)40-12-11-39-28-7-3-2-5-22(28)18-30(39)34(40)44/h2-12,17-20,41H,13-16,21H2,1H3,(H,35,36). The Hall–Kier alpha value is -5.52. The molecule has 6 aromatic rings. The van der Waals surface area contributed by atoms with Crippen molar-refractivity contribution in [2.75, 3.05) is 31.6 Å². The van der Waals surface area contributed by atoms with Gasteiger partial charge in [-0.1, -0.05) is 30.3 Å². The number of anilines is 2. The highest BCUT2D eigenvalue weighted by atomic mass is 16.5. The van der Waals surface area contributed by atoms with Gasteiger partial charge in [0.2, 0.25) is 0 Å². The summed E-state index contributed by atoms with van der Waals surface area (Å²) in [5, 5.41) is 14.6. The zero-order valence-electron chi connectivity index (χ0n) is 24.5. The number of nitrogens with one attached hydrogen (secondary N) is 1. The molecule has 0 radical (unpaired) electrons. The minimum atomic E-state index is -0.335. The Bertz CT molecular complexity index is 2190. The topological polar surface area (TPSA) is 123 Å². The summed E-state index contributed by atoms with van der Waals surface area (Å²) in [4.78, 5) is 45.7. The first-order chi connectivity index (χ1) is 21.9. The van der Waals surface area contributed by atoms with Gasteiger partial charge >= 0.3 is 0 Å². The third-order valence-electron chi connectivity index (χ3n) is 8.19. The van der Waals surface area contributed by atoms with E-state index in [0.717, 1.165) is 10.9 Å². The Morgan fingerprint density at radius 2 is 1.78 bits per heavy atom. The van der Waals surface area contributed by atoms with Crippen molar-refractivity contribution in [3.05, 3.63) is 123 Å². The van der Waals surface area contributed by atoms with E-state index in [1.54, 1.807) is 48.6 Å². The van der Waals surface area contributed by atoms with Crippen LogP contribution in [0.5, 0.6) is 0 Å². The van der Waals surface area contributed by atoms with Crippen LogP contribution < -0.4 is 16.4 Å². The number of hydrogen-bond donors (Lipinski definition) is 2. The molecule has 0 atom stereocenters. The number of carbonyl (C=O) groups is 1. The minimum absolute atomic E-state index is 0.116. The number of amides is 1. The molecule has 0 bridgehead atoms. The Labute approximate surface area is 257 Å². The molecule has 0 unspecified atom stereocenters. The van der Waals surface area contributed by atoms with Gasteiger partial charge < -0.3 is 29.0 Å². The number of aromatic nitrogens is 4. The van der Waals surface area contributed by atoms with Crippen LogP contribution in [0.1, 0.15) is 15.9 Å². The first-order valence-electron chi connectivity index (χ1n) is 14.6. The molecule has 2 aromatic carbocycles. The van der Waals surface area contributed by atoms with E-state index in [9.17, 15) is 19.5 Å². The van der Waals surface area contributed by atoms with Crippen LogP contribution in [0, 0.1) is 0 Å². The third-order valence-corrected chi connectivity index (χ3v) is 8.19. The van der Waals surface area contributed by atoms with Gasteiger partial charge in [0.15, 0.2) is 0 Å². The summed E-state index contributed by atoms with van der Waals surface area (Å²) in [6, 6.07) is 20.1. The van der Waals surface area contributed by atoms with E-state index in [2.05, 4.69) is 10.3 Å². The molecule has 226 valence electrons. The van der Waals surface area contributed by atoms with Gasteiger partial charge in [0.05, 0.1) is 36.6 Å². The fraction of sp³-hybridized carbons (Fsp3) is 0.176. The number of nitrogens with zero attached hydrogens (tertiary/aromatic N) is 5. The van der Waals surface area contributed by atoms with Gasteiger partial charge in [-0.3, -0.25) is 19.0 Å². The van der Waals surface area contributed by atoms with E-state index in [-0.39, 0.29) is 29.3 Å². The lowest BCUT2D eigenvalue weighted by Crippen LogP contribution is -2.40. The molecule has 11 nitrogen and oxygen atoms in total. The summed E-state index contributed by atoms with van der Waals surface area (Å²) >= 11 is 0. The summed E-state index contributed by atoms with van der Waals surface area (Å²) in [7, 11) is 1.65. The van der Waals surface area contributed by atoms with Crippen LogP contribution in [-0.2, 0) is 18.4 Å². The number of aliphatic hydroxyl groups excluding tert-OH is 1. The van der Waals surface area contributed by atoms with Crippen LogP contribution in [0.2, 0.25) is 0 Å². The van der Waals surface area contributed by atoms with Crippen molar-refractivity contribution in [1.82, 2.24) is 23.4 Å². The smallest absolute Gasteiger partial charge is 0.279 e. The van der Waals surface area contributed by atoms with Gasteiger partial charge in [-0.05, 0) is 42.0 Å². The van der Waals surface area contributed by atoms with Crippen molar-refractivity contribution in [3.8, 4) is 16.8 Å². The van der Waals surface area contributed by atoms with Crippen LogP contribution in [-0.4, -0.2) is 60.7 Å². The van der Waals surface area contributed by atoms with Crippen molar-refractivity contribution in [2.24, 2.45) is 7.05 Å². The SMILES string of the molecule is Cn1cc(-c2cccc(-n3ccn4c(cc5ccccc54)c3=O)c2CO)cc(Nc2ccc(C(=O)N3CCOCC3)cn2)c1=O. The quantitative estimate of drug-likeness (QED) is 0.298. The molecular formula is C34H30N6O5.